The summed E-state index contributed by atoms with van der Waals surface area (Å²) in [5.41, 5.74) is 2.79. The molecule has 0 N–H and O–H groups in total. The average Bonchev–Trinajstić information content (AvgIpc) is 2.75. The molecule has 28 heavy (non-hydrogen) atoms. The molecule has 0 aromatic heterocycles. The van der Waals surface area contributed by atoms with Crippen LogP contribution in [0.3, 0.4) is 0 Å². The summed E-state index contributed by atoms with van der Waals surface area (Å²) in [5, 5.41) is 0. The highest BCUT2D eigenvalue weighted by Gasteiger charge is 2.40. The van der Waals surface area contributed by atoms with Crippen LogP contribution < -0.4 is 9.80 Å². The van der Waals surface area contributed by atoms with Gasteiger partial charge in [-0.05, 0) is 50.2 Å². The van der Waals surface area contributed by atoms with Gasteiger partial charge in [-0.2, -0.15) is 0 Å². The zero-order chi connectivity index (χ0) is 19.7. The van der Waals surface area contributed by atoms with Crippen LogP contribution in [0.15, 0.2) is 84.9 Å². The van der Waals surface area contributed by atoms with Crippen molar-refractivity contribution in [1.29, 1.82) is 0 Å². The molecular weight excluding hydrogens is 348 g/mol. The Balaban J connectivity index is 1.80. The second kappa shape index (κ2) is 7.31. The van der Waals surface area contributed by atoms with E-state index >= 15 is 0 Å². The lowest BCUT2D eigenvalue weighted by Crippen LogP contribution is -2.57. The van der Waals surface area contributed by atoms with Crippen molar-refractivity contribution in [2.45, 2.75) is 25.9 Å². The number of benzene rings is 3. The molecule has 1 aliphatic heterocycles. The molecule has 2 atom stereocenters. The van der Waals surface area contributed by atoms with Gasteiger partial charge in [0.2, 0.25) is 0 Å². The molecule has 3 aromatic rings. The standard InChI is InChI=1S/C24H22N2O2/c1-17-18(2)26(24(28)20-13-7-4-8-14-20)22-16-10-9-15-21(22)25(17)23(27)19-11-5-3-6-12-19/h3-18H,1-2H3/t17-,18+. The van der Waals surface area contributed by atoms with Crippen LogP contribution in [0.25, 0.3) is 0 Å². The van der Waals surface area contributed by atoms with Gasteiger partial charge in [0.25, 0.3) is 11.8 Å². The van der Waals surface area contributed by atoms with E-state index in [1.165, 1.54) is 0 Å². The summed E-state index contributed by atoms with van der Waals surface area (Å²) in [6, 6.07) is 25.8. The van der Waals surface area contributed by atoms with Gasteiger partial charge in [0.05, 0.1) is 23.5 Å². The molecule has 4 heteroatoms. The highest BCUT2D eigenvalue weighted by molar-refractivity contribution is 6.14. The maximum Gasteiger partial charge on any atom is 0.258 e. The highest BCUT2D eigenvalue weighted by Crippen LogP contribution is 2.39. The van der Waals surface area contributed by atoms with E-state index in [0.717, 1.165) is 11.4 Å². The molecule has 0 saturated heterocycles. The summed E-state index contributed by atoms with van der Waals surface area (Å²) in [6.07, 6.45) is 0. The fourth-order valence-electron chi connectivity index (χ4n) is 3.77. The van der Waals surface area contributed by atoms with Gasteiger partial charge in [0.1, 0.15) is 0 Å². The number of rotatable bonds is 2. The Morgan fingerprint density at radius 1 is 0.571 bits per heavy atom. The number of amides is 2. The summed E-state index contributed by atoms with van der Waals surface area (Å²) in [4.78, 5) is 30.2. The lowest BCUT2D eigenvalue weighted by molar-refractivity contribution is 0.0939. The minimum Gasteiger partial charge on any atom is -0.301 e. The second-order valence-electron chi connectivity index (χ2n) is 7.05. The first kappa shape index (κ1) is 18.0. The van der Waals surface area contributed by atoms with Crippen LogP contribution >= 0.6 is 0 Å². The van der Waals surface area contributed by atoms with Crippen molar-refractivity contribution >= 4 is 23.2 Å². The molecule has 1 heterocycles. The summed E-state index contributed by atoms with van der Waals surface area (Å²) >= 11 is 0. The number of nitrogens with zero attached hydrogens (tertiary/aromatic N) is 2. The second-order valence-corrected chi connectivity index (χ2v) is 7.05. The Bertz CT molecular complexity index is 919. The Kier molecular flexibility index (Phi) is 4.70. The Hall–Kier alpha value is -3.40. The van der Waals surface area contributed by atoms with Gasteiger partial charge >= 0.3 is 0 Å². The third-order valence-electron chi connectivity index (χ3n) is 5.39. The highest BCUT2D eigenvalue weighted by atomic mass is 16.2. The van der Waals surface area contributed by atoms with Crippen molar-refractivity contribution in [3.05, 3.63) is 96.1 Å². The lowest BCUT2D eigenvalue weighted by atomic mass is 9.98. The molecule has 0 aliphatic carbocycles. The molecular formula is C24H22N2O2. The number of carbonyl (C=O) groups is 2. The smallest absolute Gasteiger partial charge is 0.258 e. The molecule has 4 rings (SSSR count). The zero-order valence-electron chi connectivity index (χ0n) is 15.9. The van der Waals surface area contributed by atoms with E-state index in [9.17, 15) is 9.59 Å². The fraction of sp³-hybridized carbons (Fsp3) is 0.167. The molecule has 0 spiro atoms. The largest absolute Gasteiger partial charge is 0.301 e. The van der Waals surface area contributed by atoms with E-state index in [2.05, 4.69) is 0 Å². The van der Waals surface area contributed by atoms with Crippen molar-refractivity contribution in [2.75, 3.05) is 9.80 Å². The predicted octanol–water partition coefficient (Wildman–Crippen LogP) is 4.77. The van der Waals surface area contributed by atoms with Gasteiger partial charge in [-0.25, -0.2) is 0 Å². The monoisotopic (exact) mass is 370 g/mol. The van der Waals surface area contributed by atoms with Crippen LogP contribution in [-0.4, -0.2) is 23.9 Å². The van der Waals surface area contributed by atoms with Crippen molar-refractivity contribution in [1.82, 2.24) is 0 Å². The van der Waals surface area contributed by atoms with Crippen LogP contribution in [0.4, 0.5) is 11.4 Å². The van der Waals surface area contributed by atoms with Crippen LogP contribution in [0.5, 0.6) is 0 Å². The van der Waals surface area contributed by atoms with Crippen molar-refractivity contribution in [3.8, 4) is 0 Å². The van der Waals surface area contributed by atoms with Crippen molar-refractivity contribution in [3.63, 3.8) is 0 Å². The van der Waals surface area contributed by atoms with Gasteiger partial charge in [0.15, 0.2) is 0 Å². The first-order valence-corrected chi connectivity index (χ1v) is 9.46. The van der Waals surface area contributed by atoms with E-state index in [4.69, 9.17) is 0 Å². The van der Waals surface area contributed by atoms with Gasteiger partial charge in [-0.3, -0.25) is 9.59 Å². The van der Waals surface area contributed by atoms with Crippen LogP contribution in [0.1, 0.15) is 34.6 Å². The summed E-state index contributed by atoms with van der Waals surface area (Å²) < 4.78 is 0. The molecule has 2 amide bonds. The zero-order valence-corrected chi connectivity index (χ0v) is 15.9. The molecule has 1 aliphatic rings. The molecule has 0 saturated carbocycles. The minimum atomic E-state index is -0.171. The Morgan fingerprint density at radius 2 is 0.893 bits per heavy atom. The molecule has 0 radical (unpaired) electrons. The number of fused-ring (bicyclic) bond motifs is 1. The van der Waals surface area contributed by atoms with E-state index < -0.39 is 0 Å². The maximum absolute atomic E-state index is 13.3. The Labute approximate surface area is 165 Å². The third kappa shape index (κ3) is 2.97. The topological polar surface area (TPSA) is 40.6 Å². The Morgan fingerprint density at radius 3 is 1.25 bits per heavy atom. The summed E-state index contributed by atoms with van der Waals surface area (Å²) in [7, 11) is 0. The van der Waals surface area contributed by atoms with E-state index in [-0.39, 0.29) is 23.9 Å². The lowest BCUT2D eigenvalue weighted by Gasteiger charge is -2.45. The van der Waals surface area contributed by atoms with Gasteiger partial charge in [0, 0.05) is 11.1 Å². The molecule has 3 aromatic carbocycles. The number of para-hydroxylation sites is 2. The molecule has 140 valence electrons. The number of anilines is 2. The molecule has 0 fully saturated rings. The first-order chi connectivity index (χ1) is 13.6. The number of hydrogen-bond donors (Lipinski definition) is 0. The van der Waals surface area contributed by atoms with Gasteiger partial charge in [-0.1, -0.05) is 48.5 Å². The molecule has 0 bridgehead atoms. The summed E-state index contributed by atoms with van der Waals surface area (Å²) in [6.45, 7) is 3.99. The minimum absolute atomic E-state index is 0.0563. The van der Waals surface area contributed by atoms with Crippen molar-refractivity contribution < 1.29 is 9.59 Å². The number of hydrogen-bond acceptors (Lipinski definition) is 2. The quantitative estimate of drug-likeness (QED) is 0.652. The SMILES string of the molecule is C[C@@H]1[C@H](C)N(C(=O)c2ccccc2)c2ccccc2N1C(=O)c1ccccc1. The van der Waals surface area contributed by atoms with Crippen LogP contribution in [-0.2, 0) is 0 Å². The maximum atomic E-state index is 13.3. The number of carbonyl (C=O) groups excluding carboxylic acids is 2. The fourth-order valence-corrected chi connectivity index (χ4v) is 3.77. The van der Waals surface area contributed by atoms with Crippen molar-refractivity contribution in [2.24, 2.45) is 0 Å². The third-order valence-corrected chi connectivity index (χ3v) is 5.39. The average molecular weight is 370 g/mol. The van der Waals surface area contributed by atoms with Crippen LogP contribution in [0.2, 0.25) is 0 Å². The summed E-state index contributed by atoms with van der Waals surface area (Å²) in [5.74, 6) is -0.113. The van der Waals surface area contributed by atoms with E-state index in [1.54, 1.807) is 0 Å². The first-order valence-electron chi connectivity index (χ1n) is 9.46. The molecule has 4 nitrogen and oxygen atoms in total. The van der Waals surface area contributed by atoms with Gasteiger partial charge < -0.3 is 9.80 Å². The van der Waals surface area contributed by atoms with Gasteiger partial charge in [-0.15, -0.1) is 0 Å². The van der Waals surface area contributed by atoms with Crippen LogP contribution in [0, 0.1) is 0 Å². The van der Waals surface area contributed by atoms with E-state index in [1.807, 2.05) is 109 Å². The van der Waals surface area contributed by atoms with E-state index in [0.29, 0.717) is 11.1 Å². The normalized spacial score (nSPS) is 18.5. The predicted molar refractivity (Wildman–Crippen MR) is 112 cm³/mol. The molecule has 0 unspecified atom stereocenters.